The first-order valence-electron chi connectivity index (χ1n) is 5.70. The minimum atomic E-state index is -1.19. The summed E-state index contributed by atoms with van der Waals surface area (Å²) in [6, 6.07) is -0.708. The Morgan fingerprint density at radius 2 is 2.39 bits per heavy atom. The number of hydrogen-bond donors (Lipinski definition) is 4. The molecule has 0 spiro atoms. The van der Waals surface area contributed by atoms with E-state index in [0.29, 0.717) is 6.42 Å². The number of rotatable bonds is 3. The third kappa shape index (κ3) is 2.08. The number of carbonyl (C=O) groups excluding carboxylic acids is 1. The van der Waals surface area contributed by atoms with Gasteiger partial charge in [0.2, 0.25) is 0 Å². The summed E-state index contributed by atoms with van der Waals surface area (Å²) in [6.07, 6.45) is 2.85. The zero-order valence-corrected chi connectivity index (χ0v) is 10.1. The van der Waals surface area contributed by atoms with E-state index in [-0.39, 0.29) is 19.3 Å². The summed E-state index contributed by atoms with van der Waals surface area (Å²) in [5.74, 6) is 0. The average molecular weight is 258 g/mol. The Kier molecular flexibility index (Phi) is 3.55. The predicted molar refractivity (Wildman–Crippen MR) is 61.6 cm³/mol. The summed E-state index contributed by atoms with van der Waals surface area (Å²) < 4.78 is 0. The second kappa shape index (κ2) is 4.82. The first-order chi connectivity index (χ1) is 8.52. The molecule has 2 aliphatic rings. The van der Waals surface area contributed by atoms with E-state index in [1.807, 2.05) is 0 Å². The minimum absolute atomic E-state index is 0.114. The maximum absolute atomic E-state index is 11.9. The molecule has 0 aromatic heterocycles. The Morgan fingerprint density at radius 1 is 1.67 bits per heavy atom. The van der Waals surface area contributed by atoms with Crippen LogP contribution in [0.3, 0.4) is 0 Å². The topological polar surface area (TPSA) is 111 Å². The van der Waals surface area contributed by atoms with Crippen molar-refractivity contribution in [1.29, 1.82) is 0 Å². The molecule has 2 amide bonds. The second-order valence-electron chi connectivity index (χ2n) is 4.47. The summed E-state index contributed by atoms with van der Waals surface area (Å²) in [5, 5.41) is 22.7. The summed E-state index contributed by atoms with van der Waals surface area (Å²) in [6.45, 7) is -0.488. The van der Waals surface area contributed by atoms with E-state index in [0.717, 1.165) is 0 Å². The first kappa shape index (κ1) is 13.2. The van der Waals surface area contributed by atoms with Gasteiger partial charge in [-0.3, -0.25) is 9.74 Å². The van der Waals surface area contributed by atoms with Crippen LogP contribution < -0.4 is 11.1 Å². The minimum Gasteiger partial charge on any atom is -0.395 e. The molecule has 0 aliphatic carbocycles. The van der Waals surface area contributed by atoms with Gasteiger partial charge in [0.1, 0.15) is 0 Å². The van der Waals surface area contributed by atoms with Gasteiger partial charge in [0, 0.05) is 19.7 Å². The van der Waals surface area contributed by atoms with Crippen molar-refractivity contribution in [2.24, 2.45) is 5.73 Å². The summed E-state index contributed by atoms with van der Waals surface area (Å²) in [4.78, 5) is 18.7. The van der Waals surface area contributed by atoms with Crippen LogP contribution in [0.15, 0.2) is 12.3 Å². The van der Waals surface area contributed by atoms with Crippen molar-refractivity contribution >= 4 is 6.03 Å². The number of hydroxylamine groups is 2. The lowest BCUT2D eigenvalue weighted by atomic mass is 10.0. The van der Waals surface area contributed by atoms with E-state index in [2.05, 4.69) is 5.32 Å². The lowest BCUT2D eigenvalue weighted by molar-refractivity contribution is -0.239. The Balaban J connectivity index is 2.24. The molecule has 102 valence electrons. The van der Waals surface area contributed by atoms with Gasteiger partial charge in [-0.25, -0.2) is 4.79 Å². The molecule has 1 saturated heterocycles. The fourth-order valence-electron chi connectivity index (χ4n) is 2.20. The number of urea groups is 1. The molecule has 3 atom stereocenters. The van der Waals surface area contributed by atoms with Gasteiger partial charge in [0.05, 0.1) is 25.4 Å². The van der Waals surface area contributed by atoms with Crippen LogP contribution in [0.1, 0.15) is 6.42 Å². The number of amides is 2. The van der Waals surface area contributed by atoms with Crippen LogP contribution in [0.2, 0.25) is 0 Å². The van der Waals surface area contributed by atoms with Gasteiger partial charge in [0.25, 0.3) is 0 Å². The van der Waals surface area contributed by atoms with E-state index in [1.54, 1.807) is 13.1 Å². The van der Waals surface area contributed by atoms with E-state index in [9.17, 15) is 15.0 Å². The fraction of sp³-hybridized carbons (Fsp3) is 0.700. The standard InChI is InChI=1S/C10H18N4O4/c1-13-7(5-15)4-10(6-16,18-13)14-3-2-8(11)12-9(14)17/h2-3,7-8,15-16H,4-6,11H2,1H3,(H,12,17)/t7-,8?,10-/m1/s1. The van der Waals surface area contributed by atoms with Crippen molar-refractivity contribution in [1.82, 2.24) is 15.3 Å². The van der Waals surface area contributed by atoms with Gasteiger partial charge in [-0.15, -0.1) is 0 Å². The monoisotopic (exact) mass is 258 g/mol. The highest BCUT2D eigenvalue weighted by molar-refractivity contribution is 5.77. The van der Waals surface area contributed by atoms with Gasteiger partial charge in [-0.1, -0.05) is 0 Å². The Hall–Kier alpha value is -1.19. The van der Waals surface area contributed by atoms with Crippen molar-refractivity contribution in [3.05, 3.63) is 12.3 Å². The highest BCUT2D eigenvalue weighted by Gasteiger charge is 2.50. The number of carbonyl (C=O) groups is 1. The maximum atomic E-state index is 11.9. The molecule has 0 saturated carbocycles. The number of likely N-dealkylation sites (N-methyl/N-ethyl adjacent to an activating group) is 1. The van der Waals surface area contributed by atoms with Crippen LogP contribution in [0.25, 0.3) is 0 Å². The van der Waals surface area contributed by atoms with Crippen molar-refractivity contribution < 1.29 is 19.8 Å². The largest absolute Gasteiger partial charge is 0.395 e. The van der Waals surface area contributed by atoms with Crippen LogP contribution >= 0.6 is 0 Å². The number of hydrogen-bond acceptors (Lipinski definition) is 6. The van der Waals surface area contributed by atoms with Gasteiger partial charge in [-0.05, 0) is 6.08 Å². The van der Waals surface area contributed by atoms with Crippen LogP contribution in [0.5, 0.6) is 0 Å². The Labute approximate surface area is 105 Å². The van der Waals surface area contributed by atoms with Crippen molar-refractivity contribution in [2.75, 3.05) is 20.3 Å². The van der Waals surface area contributed by atoms with Gasteiger partial charge in [0.15, 0.2) is 5.72 Å². The van der Waals surface area contributed by atoms with E-state index < -0.39 is 17.9 Å². The van der Waals surface area contributed by atoms with E-state index in [4.69, 9.17) is 10.6 Å². The number of nitrogens with zero attached hydrogens (tertiary/aromatic N) is 2. The maximum Gasteiger partial charge on any atom is 0.325 e. The zero-order valence-electron chi connectivity index (χ0n) is 10.1. The molecular weight excluding hydrogens is 240 g/mol. The quantitative estimate of drug-likeness (QED) is 0.472. The number of nitrogens with one attached hydrogen (secondary N) is 1. The first-order valence-corrected chi connectivity index (χ1v) is 5.70. The SMILES string of the molecule is CN1O[C@](CO)(N2C=CC(N)NC2=O)C[C@@H]1CO. The lowest BCUT2D eigenvalue weighted by Gasteiger charge is -2.38. The smallest absolute Gasteiger partial charge is 0.325 e. The number of nitrogens with two attached hydrogens (primary N) is 1. The molecule has 8 nitrogen and oxygen atoms in total. The predicted octanol–water partition coefficient (Wildman–Crippen LogP) is -1.87. The average Bonchev–Trinajstić information content (AvgIpc) is 2.67. The van der Waals surface area contributed by atoms with Crippen LogP contribution in [-0.2, 0) is 4.84 Å². The molecular formula is C10H18N4O4. The molecule has 0 aromatic carbocycles. The summed E-state index contributed by atoms with van der Waals surface area (Å²) in [5.41, 5.74) is 4.36. The van der Waals surface area contributed by atoms with Crippen LogP contribution in [0, 0.1) is 0 Å². The molecule has 0 aromatic rings. The normalized spacial score (nSPS) is 37.1. The second-order valence-corrected chi connectivity index (χ2v) is 4.47. The van der Waals surface area contributed by atoms with Crippen molar-refractivity contribution in [3.63, 3.8) is 0 Å². The Bertz CT molecular complexity index is 364. The fourth-order valence-corrected chi connectivity index (χ4v) is 2.20. The third-order valence-electron chi connectivity index (χ3n) is 3.23. The number of aliphatic hydroxyl groups excluding tert-OH is 2. The molecule has 2 rings (SSSR count). The van der Waals surface area contributed by atoms with Gasteiger partial charge >= 0.3 is 6.03 Å². The molecule has 0 bridgehead atoms. The molecule has 8 heteroatoms. The van der Waals surface area contributed by atoms with Crippen LogP contribution in [-0.4, -0.2) is 64.4 Å². The lowest BCUT2D eigenvalue weighted by Crippen LogP contribution is -2.59. The number of aliphatic hydroxyl groups is 2. The van der Waals surface area contributed by atoms with E-state index in [1.165, 1.54) is 16.2 Å². The molecule has 1 fully saturated rings. The molecule has 18 heavy (non-hydrogen) atoms. The van der Waals surface area contributed by atoms with Crippen molar-refractivity contribution in [2.45, 2.75) is 24.4 Å². The highest BCUT2D eigenvalue weighted by atomic mass is 16.7. The molecule has 1 unspecified atom stereocenters. The van der Waals surface area contributed by atoms with Gasteiger partial charge < -0.3 is 21.3 Å². The molecule has 5 N–H and O–H groups in total. The Morgan fingerprint density at radius 3 is 2.89 bits per heavy atom. The molecule has 2 aliphatic heterocycles. The zero-order chi connectivity index (χ0) is 13.3. The third-order valence-corrected chi connectivity index (χ3v) is 3.23. The summed E-state index contributed by atoms with van der Waals surface area (Å²) in [7, 11) is 1.65. The molecule has 2 heterocycles. The highest BCUT2D eigenvalue weighted by Crippen LogP contribution is 2.33. The van der Waals surface area contributed by atoms with E-state index >= 15 is 0 Å². The summed E-state index contributed by atoms with van der Waals surface area (Å²) >= 11 is 0. The van der Waals surface area contributed by atoms with Crippen LogP contribution in [0.4, 0.5) is 4.79 Å². The van der Waals surface area contributed by atoms with Gasteiger partial charge in [-0.2, -0.15) is 5.06 Å². The molecule has 0 radical (unpaired) electrons. The van der Waals surface area contributed by atoms with Crippen molar-refractivity contribution in [3.8, 4) is 0 Å².